The van der Waals surface area contributed by atoms with Crippen LogP contribution in [-0.2, 0) is 17.8 Å². The van der Waals surface area contributed by atoms with E-state index in [1.807, 2.05) is 9.58 Å². The molecule has 2 aromatic heterocycles. The zero-order valence-electron chi connectivity index (χ0n) is 17.3. The van der Waals surface area contributed by atoms with E-state index in [2.05, 4.69) is 30.2 Å². The Kier molecular flexibility index (Phi) is 5.30. The van der Waals surface area contributed by atoms with Crippen molar-refractivity contribution in [2.45, 2.75) is 52.5 Å². The highest BCUT2D eigenvalue weighted by molar-refractivity contribution is 6.13. The van der Waals surface area contributed by atoms with E-state index >= 15 is 0 Å². The second kappa shape index (κ2) is 7.89. The van der Waals surface area contributed by atoms with Gasteiger partial charge in [-0.1, -0.05) is 25.1 Å². The van der Waals surface area contributed by atoms with E-state index in [9.17, 15) is 4.79 Å². The fraction of sp³-hybridized carbons (Fsp3) is 0.500. The van der Waals surface area contributed by atoms with E-state index in [1.54, 1.807) is 6.92 Å². The lowest BCUT2D eigenvalue weighted by Gasteiger charge is -2.31. The summed E-state index contributed by atoms with van der Waals surface area (Å²) in [7, 11) is 0. The number of fused-ring (bicyclic) bond motifs is 3. The molecular formula is C22H30N6O. The Hall–Kier alpha value is -2.83. The number of piperidine rings is 1. The van der Waals surface area contributed by atoms with Gasteiger partial charge in [-0.05, 0) is 43.6 Å². The molecule has 0 bridgehead atoms. The van der Waals surface area contributed by atoms with Crippen LogP contribution in [0.25, 0.3) is 21.8 Å². The zero-order chi connectivity index (χ0) is 20.5. The molecule has 4 rings (SSSR count). The molecule has 0 saturated carbocycles. The van der Waals surface area contributed by atoms with Crippen LogP contribution in [0, 0.1) is 5.92 Å². The summed E-state index contributed by atoms with van der Waals surface area (Å²) < 4.78 is 1.83. The quantitative estimate of drug-likeness (QED) is 0.691. The molecule has 1 aliphatic heterocycles. The Labute approximate surface area is 171 Å². The summed E-state index contributed by atoms with van der Waals surface area (Å²) in [5.41, 5.74) is 15.5. The van der Waals surface area contributed by atoms with Gasteiger partial charge in [-0.25, -0.2) is 9.67 Å². The lowest BCUT2D eigenvalue weighted by molar-refractivity contribution is -0.130. The van der Waals surface area contributed by atoms with Crippen molar-refractivity contribution in [3.8, 4) is 0 Å². The molecule has 1 amide bonds. The number of carbonyl (C=O) groups excluding carboxylic acids is 1. The van der Waals surface area contributed by atoms with Crippen molar-refractivity contribution in [1.82, 2.24) is 19.7 Å². The molecule has 1 aromatic carbocycles. The number of pyridine rings is 1. The second-order valence-corrected chi connectivity index (χ2v) is 8.13. The van der Waals surface area contributed by atoms with Gasteiger partial charge >= 0.3 is 0 Å². The summed E-state index contributed by atoms with van der Waals surface area (Å²) >= 11 is 0. The number of para-hydroxylation sites is 1. The minimum atomic E-state index is 0.183. The van der Waals surface area contributed by atoms with Crippen LogP contribution in [-0.4, -0.2) is 38.7 Å². The first-order valence-electron chi connectivity index (χ1n) is 10.6. The number of amides is 1. The molecule has 0 spiro atoms. The first kappa shape index (κ1) is 19.5. The lowest BCUT2D eigenvalue weighted by Crippen LogP contribution is -2.37. The molecule has 7 nitrogen and oxygen atoms in total. The number of aryl methyl sites for hydroxylation is 2. The van der Waals surface area contributed by atoms with Gasteiger partial charge in [0.2, 0.25) is 5.91 Å². The van der Waals surface area contributed by atoms with Gasteiger partial charge in [0.25, 0.3) is 0 Å². The molecule has 0 unspecified atom stereocenters. The molecule has 4 N–H and O–H groups in total. The Morgan fingerprint density at radius 3 is 2.66 bits per heavy atom. The predicted molar refractivity (Wildman–Crippen MR) is 117 cm³/mol. The maximum Gasteiger partial charge on any atom is 0.219 e. The number of benzene rings is 1. The molecule has 7 heteroatoms. The van der Waals surface area contributed by atoms with Crippen LogP contribution in [0.5, 0.6) is 0 Å². The number of rotatable bonds is 5. The summed E-state index contributed by atoms with van der Waals surface area (Å²) in [6, 6.07) is 6.27. The number of anilines is 2. The Morgan fingerprint density at radius 1 is 1.21 bits per heavy atom. The van der Waals surface area contributed by atoms with Crippen LogP contribution in [0.15, 0.2) is 18.2 Å². The van der Waals surface area contributed by atoms with Crippen LogP contribution in [0.3, 0.4) is 0 Å². The molecular weight excluding hydrogens is 364 g/mol. The Balaban J connectivity index is 1.62. The average Bonchev–Trinajstić information content (AvgIpc) is 3.04. The third-order valence-electron chi connectivity index (χ3n) is 6.17. The monoisotopic (exact) mass is 394 g/mol. The highest BCUT2D eigenvalue weighted by Gasteiger charge is 2.21. The Bertz CT molecular complexity index is 1050. The maximum absolute atomic E-state index is 11.5. The standard InChI is InChI=1S/C22H30N6O/c1-3-11-28-22(24)18-17-6-4-5-16(19(17)25-21(23)20(18)26-28)8-7-15-9-12-27(13-10-15)14(2)29/h4-6,15H,3,7-13,24H2,1-2H3,(H2,23,25). The molecule has 1 saturated heterocycles. The number of nitrogen functional groups attached to an aromatic ring is 2. The summed E-state index contributed by atoms with van der Waals surface area (Å²) in [5, 5.41) is 6.53. The fourth-order valence-electron chi connectivity index (χ4n) is 4.50. The summed E-state index contributed by atoms with van der Waals surface area (Å²) in [4.78, 5) is 18.2. The first-order valence-corrected chi connectivity index (χ1v) is 10.6. The molecule has 29 heavy (non-hydrogen) atoms. The number of hydrogen-bond donors (Lipinski definition) is 2. The Morgan fingerprint density at radius 2 is 1.97 bits per heavy atom. The summed E-state index contributed by atoms with van der Waals surface area (Å²) in [6.07, 6.45) is 5.14. The van der Waals surface area contributed by atoms with Crippen LogP contribution < -0.4 is 11.5 Å². The van der Waals surface area contributed by atoms with Gasteiger partial charge in [0.1, 0.15) is 11.3 Å². The van der Waals surface area contributed by atoms with E-state index in [-0.39, 0.29) is 5.91 Å². The van der Waals surface area contributed by atoms with Crippen molar-refractivity contribution in [2.75, 3.05) is 24.6 Å². The van der Waals surface area contributed by atoms with Gasteiger partial charge in [0, 0.05) is 31.9 Å². The molecule has 0 atom stereocenters. The number of hydrogen-bond acceptors (Lipinski definition) is 5. The molecule has 0 aliphatic carbocycles. The molecule has 0 radical (unpaired) electrons. The summed E-state index contributed by atoms with van der Waals surface area (Å²) in [5.74, 6) is 1.92. The van der Waals surface area contributed by atoms with Crippen LogP contribution in [0.1, 0.15) is 45.1 Å². The van der Waals surface area contributed by atoms with Crippen molar-refractivity contribution in [2.24, 2.45) is 5.92 Å². The van der Waals surface area contributed by atoms with E-state index in [0.717, 1.165) is 68.0 Å². The van der Waals surface area contributed by atoms with Crippen molar-refractivity contribution in [3.05, 3.63) is 23.8 Å². The van der Waals surface area contributed by atoms with Gasteiger partial charge < -0.3 is 16.4 Å². The second-order valence-electron chi connectivity index (χ2n) is 8.13. The predicted octanol–water partition coefficient (Wildman–Crippen LogP) is 3.35. The highest BCUT2D eigenvalue weighted by Crippen LogP contribution is 2.34. The maximum atomic E-state index is 11.5. The van der Waals surface area contributed by atoms with E-state index in [4.69, 9.17) is 16.5 Å². The largest absolute Gasteiger partial charge is 0.383 e. The van der Waals surface area contributed by atoms with E-state index in [0.29, 0.717) is 23.1 Å². The van der Waals surface area contributed by atoms with Crippen LogP contribution in [0.2, 0.25) is 0 Å². The van der Waals surface area contributed by atoms with E-state index in [1.165, 1.54) is 5.56 Å². The zero-order valence-corrected chi connectivity index (χ0v) is 17.3. The number of aromatic nitrogens is 3. The lowest BCUT2D eigenvalue weighted by atomic mass is 9.90. The normalized spacial score (nSPS) is 15.4. The van der Waals surface area contributed by atoms with Crippen molar-refractivity contribution in [1.29, 1.82) is 0 Å². The minimum absolute atomic E-state index is 0.183. The van der Waals surface area contributed by atoms with Crippen molar-refractivity contribution in [3.63, 3.8) is 0 Å². The SMILES string of the molecule is CCCn1nc2c(N)nc3c(CCC4CCN(C(C)=O)CC4)cccc3c2c1N. The van der Waals surface area contributed by atoms with Gasteiger partial charge in [-0.2, -0.15) is 5.10 Å². The third kappa shape index (κ3) is 3.61. The van der Waals surface area contributed by atoms with Crippen LogP contribution >= 0.6 is 0 Å². The van der Waals surface area contributed by atoms with Gasteiger partial charge in [-0.3, -0.25) is 4.79 Å². The minimum Gasteiger partial charge on any atom is -0.383 e. The molecule has 154 valence electrons. The number of likely N-dealkylation sites (tertiary alicyclic amines) is 1. The van der Waals surface area contributed by atoms with Crippen molar-refractivity contribution < 1.29 is 4.79 Å². The average molecular weight is 395 g/mol. The molecule has 3 heterocycles. The number of nitrogens with two attached hydrogens (primary N) is 2. The van der Waals surface area contributed by atoms with Crippen LogP contribution in [0.4, 0.5) is 11.6 Å². The van der Waals surface area contributed by atoms with Gasteiger partial charge in [0.05, 0.1) is 10.9 Å². The third-order valence-corrected chi connectivity index (χ3v) is 6.17. The topological polar surface area (TPSA) is 103 Å². The fourth-order valence-corrected chi connectivity index (χ4v) is 4.50. The molecule has 1 fully saturated rings. The van der Waals surface area contributed by atoms with E-state index < -0.39 is 0 Å². The van der Waals surface area contributed by atoms with Gasteiger partial charge in [-0.15, -0.1) is 0 Å². The summed E-state index contributed by atoms with van der Waals surface area (Å²) in [6.45, 7) is 6.26. The number of nitrogens with zero attached hydrogens (tertiary/aromatic N) is 4. The van der Waals surface area contributed by atoms with Crippen molar-refractivity contribution >= 4 is 39.3 Å². The smallest absolute Gasteiger partial charge is 0.219 e. The van der Waals surface area contributed by atoms with Gasteiger partial charge in [0.15, 0.2) is 5.82 Å². The first-order chi connectivity index (χ1) is 14.0. The number of carbonyl (C=O) groups is 1. The molecule has 3 aromatic rings. The molecule has 1 aliphatic rings. The highest BCUT2D eigenvalue weighted by atomic mass is 16.2.